The molecule has 27 heavy (non-hydrogen) atoms. The molecule has 3 aromatic rings. The van der Waals surface area contributed by atoms with E-state index in [0.717, 1.165) is 60.7 Å². The second-order valence-corrected chi connectivity index (χ2v) is 9.04. The average molecular weight is 421 g/mol. The van der Waals surface area contributed by atoms with Gasteiger partial charge in [-0.05, 0) is 24.3 Å². The molecule has 4 rings (SSSR count). The SMILES string of the molecule is O=c1cc(CN2CCN(CCSc3ccc(Cl)cc3)CC2)nc2sccn12. The molecule has 0 atom stereocenters. The van der Waals surface area contributed by atoms with Crippen molar-refractivity contribution in [3.05, 3.63) is 63.0 Å². The van der Waals surface area contributed by atoms with Crippen molar-refractivity contribution in [2.24, 2.45) is 0 Å². The Kier molecular flexibility index (Phi) is 6.14. The lowest BCUT2D eigenvalue weighted by Gasteiger charge is -2.34. The summed E-state index contributed by atoms with van der Waals surface area (Å²) in [6.07, 6.45) is 1.78. The highest BCUT2D eigenvalue weighted by molar-refractivity contribution is 7.99. The molecule has 0 amide bonds. The van der Waals surface area contributed by atoms with Crippen molar-refractivity contribution in [3.63, 3.8) is 0 Å². The van der Waals surface area contributed by atoms with E-state index < -0.39 is 0 Å². The minimum Gasteiger partial charge on any atom is -0.300 e. The molecule has 142 valence electrons. The van der Waals surface area contributed by atoms with E-state index in [9.17, 15) is 4.79 Å². The minimum atomic E-state index is 0.00844. The molecule has 8 heteroatoms. The lowest BCUT2D eigenvalue weighted by atomic mass is 10.3. The maximum atomic E-state index is 12.1. The summed E-state index contributed by atoms with van der Waals surface area (Å²) in [6.45, 7) is 5.97. The molecule has 1 aliphatic rings. The topological polar surface area (TPSA) is 40.9 Å². The van der Waals surface area contributed by atoms with E-state index >= 15 is 0 Å². The van der Waals surface area contributed by atoms with Gasteiger partial charge in [0.15, 0.2) is 4.96 Å². The van der Waals surface area contributed by atoms with Crippen LogP contribution in [-0.4, -0.2) is 57.7 Å². The first-order valence-electron chi connectivity index (χ1n) is 8.96. The highest BCUT2D eigenvalue weighted by Gasteiger charge is 2.17. The van der Waals surface area contributed by atoms with Crippen LogP contribution in [0.5, 0.6) is 0 Å². The second kappa shape index (κ2) is 8.75. The first kappa shape index (κ1) is 19.0. The second-order valence-electron chi connectivity index (χ2n) is 6.56. The van der Waals surface area contributed by atoms with E-state index in [1.54, 1.807) is 16.7 Å². The van der Waals surface area contributed by atoms with Crippen molar-refractivity contribution in [2.45, 2.75) is 11.4 Å². The van der Waals surface area contributed by atoms with Crippen LogP contribution in [0.3, 0.4) is 0 Å². The number of fused-ring (bicyclic) bond motifs is 1. The maximum Gasteiger partial charge on any atom is 0.258 e. The molecule has 3 heterocycles. The zero-order valence-electron chi connectivity index (χ0n) is 14.9. The van der Waals surface area contributed by atoms with Crippen molar-refractivity contribution in [3.8, 4) is 0 Å². The number of hydrogen-bond donors (Lipinski definition) is 0. The first-order valence-corrected chi connectivity index (χ1v) is 11.2. The van der Waals surface area contributed by atoms with Gasteiger partial charge in [-0.1, -0.05) is 11.6 Å². The molecule has 1 saturated heterocycles. The van der Waals surface area contributed by atoms with Gasteiger partial charge in [0.2, 0.25) is 0 Å². The van der Waals surface area contributed by atoms with E-state index in [2.05, 4.69) is 26.9 Å². The lowest BCUT2D eigenvalue weighted by Crippen LogP contribution is -2.46. The standard InChI is InChI=1S/C19H21ClN4OS2/c20-15-1-3-17(4-2-15)26-11-9-22-5-7-23(8-6-22)14-16-13-18(25)24-10-12-27-19(24)21-16/h1-4,10,12-13H,5-9,11,14H2. The Morgan fingerprint density at radius 2 is 1.85 bits per heavy atom. The zero-order chi connectivity index (χ0) is 18.6. The van der Waals surface area contributed by atoms with Gasteiger partial charge in [0.05, 0.1) is 5.69 Å². The Balaban J connectivity index is 1.23. The van der Waals surface area contributed by atoms with Crippen LogP contribution in [0.4, 0.5) is 0 Å². The minimum absolute atomic E-state index is 0.00844. The predicted molar refractivity (Wildman–Crippen MR) is 113 cm³/mol. The molecule has 5 nitrogen and oxygen atoms in total. The Morgan fingerprint density at radius 1 is 1.11 bits per heavy atom. The lowest BCUT2D eigenvalue weighted by molar-refractivity contribution is 0.131. The van der Waals surface area contributed by atoms with Crippen molar-refractivity contribution in [1.82, 2.24) is 19.2 Å². The number of benzene rings is 1. The van der Waals surface area contributed by atoms with E-state index in [1.807, 2.05) is 29.3 Å². The quantitative estimate of drug-likeness (QED) is 0.572. The fourth-order valence-electron chi connectivity index (χ4n) is 3.19. The number of nitrogens with zero attached hydrogens (tertiary/aromatic N) is 4. The smallest absolute Gasteiger partial charge is 0.258 e. The van der Waals surface area contributed by atoms with Gasteiger partial charge in [0.25, 0.3) is 5.56 Å². The van der Waals surface area contributed by atoms with Gasteiger partial charge in [-0.25, -0.2) is 4.98 Å². The largest absolute Gasteiger partial charge is 0.300 e. The molecule has 1 fully saturated rings. The third kappa shape index (κ3) is 4.92. The first-order chi connectivity index (χ1) is 13.2. The molecule has 0 spiro atoms. The monoisotopic (exact) mass is 420 g/mol. The van der Waals surface area contributed by atoms with Crippen LogP contribution in [-0.2, 0) is 6.54 Å². The van der Waals surface area contributed by atoms with Crippen molar-refractivity contribution in [1.29, 1.82) is 0 Å². The van der Waals surface area contributed by atoms with E-state index in [-0.39, 0.29) is 5.56 Å². The Hall–Kier alpha value is -1.38. The Labute approximate surface area is 171 Å². The number of piperazine rings is 1. The van der Waals surface area contributed by atoms with E-state index in [1.165, 1.54) is 16.2 Å². The summed E-state index contributed by atoms with van der Waals surface area (Å²) in [4.78, 5) is 23.6. The van der Waals surface area contributed by atoms with Crippen LogP contribution >= 0.6 is 34.7 Å². The van der Waals surface area contributed by atoms with Gasteiger partial charge in [0, 0.05) is 72.6 Å². The number of thioether (sulfide) groups is 1. The van der Waals surface area contributed by atoms with Gasteiger partial charge < -0.3 is 0 Å². The highest BCUT2D eigenvalue weighted by Crippen LogP contribution is 2.20. The molecule has 0 N–H and O–H groups in total. The van der Waals surface area contributed by atoms with Crippen molar-refractivity contribution >= 4 is 39.7 Å². The molecule has 2 aromatic heterocycles. The Morgan fingerprint density at radius 3 is 2.63 bits per heavy atom. The number of hydrogen-bond acceptors (Lipinski definition) is 6. The van der Waals surface area contributed by atoms with Crippen LogP contribution in [0.25, 0.3) is 4.96 Å². The van der Waals surface area contributed by atoms with Gasteiger partial charge in [-0.15, -0.1) is 23.1 Å². The molecule has 0 radical (unpaired) electrons. The summed E-state index contributed by atoms with van der Waals surface area (Å²) in [5.41, 5.74) is 0.878. The van der Waals surface area contributed by atoms with Crippen LogP contribution in [0, 0.1) is 0 Å². The van der Waals surface area contributed by atoms with E-state index in [0.29, 0.717) is 0 Å². The van der Waals surface area contributed by atoms with Gasteiger partial charge >= 0.3 is 0 Å². The number of halogens is 1. The summed E-state index contributed by atoms with van der Waals surface area (Å²) >= 11 is 9.30. The fraction of sp³-hybridized carbons (Fsp3) is 0.368. The fourth-order valence-corrected chi connectivity index (χ4v) is 4.97. The molecular weight excluding hydrogens is 400 g/mol. The maximum absolute atomic E-state index is 12.1. The van der Waals surface area contributed by atoms with Gasteiger partial charge in [-0.2, -0.15) is 0 Å². The Bertz CT molecular complexity index is 948. The third-order valence-corrected chi connectivity index (χ3v) is 6.70. The van der Waals surface area contributed by atoms with E-state index in [4.69, 9.17) is 11.6 Å². The third-order valence-electron chi connectivity index (χ3n) is 4.70. The van der Waals surface area contributed by atoms with Crippen LogP contribution in [0.1, 0.15) is 5.69 Å². The summed E-state index contributed by atoms with van der Waals surface area (Å²) in [6, 6.07) is 9.69. The molecular formula is C19H21ClN4OS2. The number of thiazole rings is 1. The normalized spacial score (nSPS) is 16.2. The van der Waals surface area contributed by atoms with Gasteiger partial charge in [0.1, 0.15) is 0 Å². The van der Waals surface area contributed by atoms with Crippen molar-refractivity contribution < 1.29 is 0 Å². The summed E-state index contributed by atoms with van der Waals surface area (Å²) in [7, 11) is 0. The molecule has 0 aliphatic carbocycles. The predicted octanol–water partition coefficient (Wildman–Crippen LogP) is 3.32. The highest BCUT2D eigenvalue weighted by atomic mass is 35.5. The zero-order valence-corrected chi connectivity index (χ0v) is 17.3. The molecule has 0 saturated carbocycles. The van der Waals surface area contributed by atoms with Crippen molar-refractivity contribution in [2.75, 3.05) is 38.5 Å². The molecule has 0 unspecified atom stereocenters. The van der Waals surface area contributed by atoms with Crippen LogP contribution in [0.15, 0.2) is 51.6 Å². The van der Waals surface area contributed by atoms with Crippen LogP contribution in [0.2, 0.25) is 5.02 Å². The summed E-state index contributed by atoms with van der Waals surface area (Å²) in [5.74, 6) is 1.08. The molecule has 1 aliphatic heterocycles. The molecule has 1 aromatic carbocycles. The van der Waals surface area contributed by atoms with Gasteiger partial charge in [-0.3, -0.25) is 19.0 Å². The van der Waals surface area contributed by atoms with Crippen LogP contribution < -0.4 is 5.56 Å². The molecule has 0 bridgehead atoms. The number of aromatic nitrogens is 2. The number of rotatable bonds is 6. The average Bonchev–Trinajstić information content (AvgIpc) is 3.14. The summed E-state index contributed by atoms with van der Waals surface area (Å²) < 4.78 is 1.60. The summed E-state index contributed by atoms with van der Waals surface area (Å²) in [5, 5.41) is 2.68.